The lowest BCUT2D eigenvalue weighted by molar-refractivity contribution is -0.159. The maximum Gasteiger partial charge on any atom is 0.280 e. The van der Waals surface area contributed by atoms with Gasteiger partial charge in [-0.2, -0.15) is 4.98 Å². The minimum absolute atomic E-state index is 0.0195. The molecule has 10 nitrogen and oxygen atoms in total. The van der Waals surface area contributed by atoms with E-state index < -0.39 is 17.4 Å². The molecule has 2 aliphatic heterocycles. The maximum absolute atomic E-state index is 12.0. The van der Waals surface area contributed by atoms with Crippen LogP contribution in [0.15, 0.2) is 11.1 Å². The van der Waals surface area contributed by atoms with Crippen molar-refractivity contribution in [3.8, 4) is 0 Å². The molecule has 4 heterocycles. The summed E-state index contributed by atoms with van der Waals surface area (Å²) >= 11 is 0. The fourth-order valence-corrected chi connectivity index (χ4v) is 3.69. The van der Waals surface area contributed by atoms with Gasteiger partial charge < -0.3 is 24.7 Å². The van der Waals surface area contributed by atoms with Gasteiger partial charge in [0, 0.05) is 20.6 Å². The van der Waals surface area contributed by atoms with Crippen molar-refractivity contribution in [1.29, 1.82) is 0 Å². The second kappa shape index (κ2) is 5.52. The third-order valence-electron chi connectivity index (χ3n) is 4.66. The van der Waals surface area contributed by atoms with Gasteiger partial charge in [0.1, 0.15) is 17.8 Å². The first-order chi connectivity index (χ1) is 11.6. The van der Waals surface area contributed by atoms with Gasteiger partial charge in [-0.25, -0.2) is 4.98 Å². The molecule has 0 saturated carbocycles. The lowest BCUT2D eigenvalue weighted by atomic mass is 9.90. The molecule has 24 heavy (non-hydrogen) atoms. The monoisotopic (exact) mass is 337 g/mol. The van der Waals surface area contributed by atoms with E-state index in [0.29, 0.717) is 25.3 Å². The highest BCUT2D eigenvalue weighted by Crippen LogP contribution is 2.46. The number of ether oxygens (including phenoxy) is 4. The third kappa shape index (κ3) is 2.07. The zero-order valence-corrected chi connectivity index (χ0v) is 13.4. The molecule has 3 N–H and O–H groups in total. The zero-order valence-electron chi connectivity index (χ0n) is 13.4. The van der Waals surface area contributed by atoms with E-state index in [0.717, 1.165) is 0 Å². The van der Waals surface area contributed by atoms with Crippen molar-refractivity contribution < 1.29 is 18.9 Å². The van der Waals surface area contributed by atoms with Crippen molar-refractivity contribution >= 4 is 17.1 Å². The molecule has 0 aromatic carbocycles. The van der Waals surface area contributed by atoms with Gasteiger partial charge in [0.25, 0.3) is 5.56 Å². The van der Waals surface area contributed by atoms with Gasteiger partial charge in [0.05, 0.1) is 19.5 Å². The fourth-order valence-electron chi connectivity index (χ4n) is 3.69. The topological polar surface area (TPSA) is 127 Å². The number of nitrogens with two attached hydrogens (primary N) is 1. The summed E-state index contributed by atoms with van der Waals surface area (Å²) in [6.45, 7) is 0.914. The highest BCUT2D eigenvalue weighted by molar-refractivity contribution is 5.70. The number of aromatic amines is 1. The highest BCUT2D eigenvalue weighted by Gasteiger charge is 2.59. The van der Waals surface area contributed by atoms with Crippen LogP contribution < -0.4 is 11.3 Å². The number of methoxy groups -OCH3 is 2. The Hall–Kier alpha value is -2.01. The molecule has 2 aromatic rings. The van der Waals surface area contributed by atoms with Crippen LogP contribution in [0.3, 0.4) is 0 Å². The Morgan fingerprint density at radius 2 is 2.38 bits per heavy atom. The summed E-state index contributed by atoms with van der Waals surface area (Å²) in [5.41, 5.74) is 5.20. The Morgan fingerprint density at radius 3 is 3.12 bits per heavy atom. The number of hydrogen-bond donors (Lipinski definition) is 2. The van der Waals surface area contributed by atoms with Crippen LogP contribution in [-0.2, 0) is 18.9 Å². The van der Waals surface area contributed by atoms with Crippen LogP contribution >= 0.6 is 0 Å². The molecule has 10 heteroatoms. The summed E-state index contributed by atoms with van der Waals surface area (Å²) in [6, 6.07) is 0. The van der Waals surface area contributed by atoms with Gasteiger partial charge in [-0.15, -0.1) is 0 Å². The normalized spacial score (nSPS) is 32.5. The van der Waals surface area contributed by atoms with Gasteiger partial charge in [0.15, 0.2) is 17.4 Å². The molecule has 0 radical (unpaired) electrons. The predicted octanol–water partition coefficient (Wildman–Crippen LogP) is -0.580. The van der Waals surface area contributed by atoms with E-state index >= 15 is 0 Å². The van der Waals surface area contributed by atoms with Crippen LogP contribution in [0.5, 0.6) is 0 Å². The van der Waals surface area contributed by atoms with Crippen molar-refractivity contribution in [3.63, 3.8) is 0 Å². The number of aromatic nitrogens is 4. The lowest BCUT2D eigenvalue weighted by Crippen LogP contribution is -2.52. The molecule has 4 atom stereocenters. The van der Waals surface area contributed by atoms with E-state index in [1.54, 1.807) is 18.8 Å². The van der Waals surface area contributed by atoms with Crippen LogP contribution in [0.25, 0.3) is 11.2 Å². The van der Waals surface area contributed by atoms with Gasteiger partial charge in [-0.1, -0.05) is 0 Å². The summed E-state index contributed by atoms with van der Waals surface area (Å²) in [5, 5.41) is 0. The summed E-state index contributed by atoms with van der Waals surface area (Å²) in [6.07, 6.45) is 0.960. The first kappa shape index (κ1) is 15.5. The van der Waals surface area contributed by atoms with Gasteiger partial charge in [0.2, 0.25) is 5.95 Å². The van der Waals surface area contributed by atoms with E-state index in [4.69, 9.17) is 24.7 Å². The summed E-state index contributed by atoms with van der Waals surface area (Å²) in [7, 11) is 3.24. The minimum Gasteiger partial charge on any atom is -0.382 e. The summed E-state index contributed by atoms with van der Waals surface area (Å²) < 4.78 is 24.9. The Morgan fingerprint density at radius 1 is 1.54 bits per heavy atom. The largest absolute Gasteiger partial charge is 0.382 e. The number of fused-ring (bicyclic) bond motifs is 3. The fraction of sp³-hybridized carbons (Fsp3) is 0.643. The lowest BCUT2D eigenvalue weighted by Gasteiger charge is -2.37. The molecule has 0 aliphatic carbocycles. The van der Waals surface area contributed by atoms with Crippen molar-refractivity contribution in [1.82, 2.24) is 19.5 Å². The van der Waals surface area contributed by atoms with Crippen LogP contribution in [-0.4, -0.2) is 64.8 Å². The third-order valence-corrected chi connectivity index (χ3v) is 4.66. The van der Waals surface area contributed by atoms with E-state index in [9.17, 15) is 4.79 Å². The van der Waals surface area contributed by atoms with Crippen LogP contribution in [0.4, 0.5) is 5.95 Å². The van der Waals surface area contributed by atoms with Crippen molar-refractivity contribution in [3.05, 3.63) is 16.7 Å². The Balaban J connectivity index is 1.82. The second-order valence-corrected chi connectivity index (χ2v) is 6.02. The first-order valence-corrected chi connectivity index (χ1v) is 7.63. The molecule has 130 valence electrons. The van der Waals surface area contributed by atoms with E-state index in [1.807, 2.05) is 0 Å². The zero-order chi connectivity index (χ0) is 16.9. The van der Waals surface area contributed by atoms with Gasteiger partial charge >= 0.3 is 0 Å². The van der Waals surface area contributed by atoms with Gasteiger partial charge in [-0.05, 0) is 0 Å². The number of H-pyrrole nitrogens is 1. The second-order valence-electron chi connectivity index (χ2n) is 6.02. The molecule has 2 aliphatic rings. The first-order valence-electron chi connectivity index (χ1n) is 7.63. The molecule has 2 saturated heterocycles. The number of hydrogen-bond acceptors (Lipinski definition) is 8. The van der Waals surface area contributed by atoms with E-state index in [-0.39, 0.29) is 23.7 Å². The quantitative estimate of drug-likeness (QED) is 0.759. The number of anilines is 1. The molecule has 1 unspecified atom stereocenters. The molecular weight excluding hydrogens is 318 g/mol. The average Bonchev–Trinajstić information content (AvgIpc) is 3.02. The van der Waals surface area contributed by atoms with Crippen molar-refractivity contribution in [2.24, 2.45) is 0 Å². The number of nitrogens with zero attached hydrogens (tertiary/aromatic N) is 3. The predicted molar refractivity (Wildman–Crippen MR) is 82.4 cm³/mol. The molecule has 0 spiro atoms. The smallest absolute Gasteiger partial charge is 0.280 e. The van der Waals surface area contributed by atoms with Crippen LogP contribution in [0.1, 0.15) is 12.6 Å². The molecule has 0 amide bonds. The van der Waals surface area contributed by atoms with Crippen LogP contribution in [0.2, 0.25) is 0 Å². The van der Waals surface area contributed by atoms with Crippen LogP contribution in [0, 0.1) is 0 Å². The molecule has 2 bridgehead atoms. The SMILES string of the molecule is COC[C@]12CCO[C@@H](C1OC)[C@H](n1cnc3c(=O)[nH]c(N)nc31)O2. The van der Waals surface area contributed by atoms with Crippen molar-refractivity contribution in [2.75, 3.05) is 33.2 Å². The Kier molecular flexibility index (Phi) is 3.57. The standard InChI is InChI=1S/C14H19N5O5/c1-21-5-14-3-4-23-8(9(14)22-2)12(24-14)19-6-16-7-10(19)17-13(15)18-11(7)20/h6,8-9,12H,3-5H2,1-2H3,(H3,15,17,18,20)/t8-,9?,12+,14+/m0/s1. The van der Waals surface area contributed by atoms with E-state index in [1.165, 1.54) is 6.33 Å². The average molecular weight is 337 g/mol. The molecule has 4 rings (SSSR count). The number of imidazole rings is 1. The number of rotatable bonds is 4. The summed E-state index contributed by atoms with van der Waals surface area (Å²) in [4.78, 5) is 22.7. The highest BCUT2D eigenvalue weighted by atomic mass is 16.6. The van der Waals surface area contributed by atoms with Crippen molar-refractivity contribution in [2.45, 2.75) is 30.5 Å². The Bertz CT molecular complexity index is 815. The Labute approximate surface area is 136 Å². The summed E-state index contributed by atoms with van der Waals surface area (Å²) in [5.74, 6) is 0.0195. The maximum atomic E-state index is 12.0. The molecular formula is C14H19N5O5. The molecule has 2 fully saturated rings. The van der Waals surface area contributed by atoms with E-state index in [2.05, 4.69) is 15.0 Å². The van der Waals surface area contributed by atoms with Gasteiger partial charge in [-0.3, -0.25) is 14.3 Å². The minimum atomic E-state index is -0.611. The number of nitrogen functional groups attached to an aromatic ring is 1. The molecule has 2 aromatic heterocycles. The number of nitrogens with one attached hydrogen (secondary N) is 1.